The number of morpholine rings is 1. The van der Waals surface area contributed by atoms with E-state index >= 15 is 0 Å². The third-order valence-corrected chi connectivity index (χ3v) is 5.89. The highest BCUT2D eigenvalue weighted by molar-refractivity contribution is 6.02. The number of ether oxygens (including phenoxy) is 2. The normalized spacial score (nSPS) is 13.9. The second-order valence-electron chi connectivity index (χ2n) is 8.45. The Kier molecular flexibility index (Phi) is 7.17. The molecule has 1 N–H and O–H groups in total. The number of nitrogens with zero attached hydrogens (tertiary/aromatic N) is 3. The van der Waals surface area contributed by atoms with Gasteiger partial charge in [0.2, 0.25) is 0 Å². The monoisotopic (exact) mass is 468 g/mol. The summed E-state index contributed by atoms with van der Waals surface area (Å²) in [6.07, 6.45) is 1.74. The Balaban J connectivity index is 1.14. The van der Waals surface area contributed by atoms with Crippen molar-refractivity contribution in [1.29, 1.82) is 0 Å². The molecule has 0 aliphatic carbocycles. The van der Waals surface area contributed by atoms with Gasteiger partial charge in [-0.2, -0.15) is 5.10 Å². The number of carbonyl (C=O) groups is 1. The van der Waals surface area contributed by atoms with E-state index < -0.39 is 0 Å². The van der Waals surface area contributed by atoms with Crippen LogP contribution >= 0.6 is 0 Å². The maximum atomic E-state index is 12.7. The minimum absolute atomic E-state index is 0.215. The van der Waals surface area contributed by atoms with E-state index in [1.54, 1.807) is 16.9 Å². The minimum Gasteiger partial charge on any atom is -0.471 e. The quantitative estimate of drug-likeness (QED) is 0.407. The average Bonchev–Trinajstić information content (AvgIpc) is 3.39. The Hall–Kier alpha value is -3.94. The molecule has 0 spiro atoms. The van der Waals surface area contributed by atoms with Crippen molar-refractivity contribution < 1.29 is 14.3 Å². The van der Waals surface area contributed by atoms with Crippen LogP contribution in [0.2, 0.25) is 0 Å². The van der Waals surface area contributed by atoms with E-state index in [4.69, 9.17) is 9.47 Å². The van der Waals surface area contributed by atoms with Crippen LogP contribution in [0.25, 0.3) is 11.1 Å². The number of hydrogen-bond acceptors (Lipinski definition) is 5. The van der Waals surface area contributed by atoms with Crippen molar-refractivity contribution >= 4 is 11.6 Å². The lowest BCUT2D eigenvalue weighted by Crippen LogP contribution is -2.35. The summed E-state index contributed by atoms with van der Waals surface area (Å²) in [7, 11) is 0. The van der Waals surface area contributed by atoms with Crippen molar-refractivity contribution in [2.24, 2.45) is 0 Å². The molecule has 178 valence electrons. The lowest BCUT2D eigenvalue weighted by molar-refractivity contribution is 0.0342. The van der Waals surface area contributed by atoms with Crippen LogP contribution in [0.4, 0.5) is 5.69 Å². The summed E-state index contributed by atoms with van der Waals surface area (Å²) < 4.78 is 12.9. The van der Waals surface area contributed by atoms with Gasteiger partial charge in [0.1, 0.15) is 5.75 Å². The molecule has 0 atom stereocenters. The molecule has 0 unspecified atom stereocenters. The fraction of sp³-hybridized carbons (Fsp3) is 0.214. The van der Waals surface area contributed by atoms with Crippen molar-refractivity contribution in [3.05, 3.63) is 102 Å². The number of hydrogen-bond donors (Lipinski definition) is 1. The molecule has 1 amide bonds. The molecule has 5 rings (SSSR count). The second-order valence-corrected chi connectivity index (χ2v) is 8.45. The summed E-state index contributed by atoms with van der Waals surface area (Å²) in [5.74, 6) is 0.489. The van der Waals surface area contributed by atoms with Crippen LogP contribution in [0.1, 0.15) is 16.1 Å². The molecular weight excluding hydrogens is 440 g/mol. The van der Waals surface area contributed by atoms with Crippen LogP contribution < -0.4 is 10.1 Å². The number of aromatic nitrogens is 2. The summed E-state index contributed by atoms with van der Waals surface area (Å²) in [5, 5.41) is 7.31. The zero-order chi connectivity index (χ0) is 23.9. The molecule has 0 radical (unpaired) electrons. The molecule has 7 nitrogen and oxygen atoms in total. The average molecular weight is 469 g/mol. The van der Waals surface area contributed by atoms with E-state index in [9.17, 15) is 4.79 Å². The number of anilines is 1. The van der Waals surface area contributed by atoms with Gasteiger partial charge in [0, 0.05) is 31.5 Å². The van der Waals surface area contributed by atoms with Crippen LogP contribution in [-0.4, -0.2) is 46.9 Å². The van der Waals surface area contributed by atoms with Crippen molar-refractivity contribution in [2.75, 3.05) is 31.6 Å². The van der Waals surface area contributed by atoms with Crippen LogP contribution in [-0.2, 0) is 18.0 Å². The summed E-state index contributed by atoms with van der Waals surface area (Å²) in [6, 6.07) is 27.7. The van der Waals surface area contributed by atoms with Crippen molar-refractivity contribution in [1.82, 2.24) is 14.7 Å². The second kappa shape index (κ2) is 11.0. The highest BCUT2D eigenvalue weighted by atomic mass is 16.5. The van der Waals surface area contributed by atoms with Gasteiger partial charge in [-0.1, -0.05) is 54.6 Å². The first kappa shape index (κ1) is 22.8. The molecule has 1 aliphatic heterocycles. The van der Waals surface area contributed by atoms with Gasteiger partial charge in [-0.3, -0.25) is 9.69 Å². The Labute approximate surface area is 204 Å². The van der Waals surface area contributed by atoms with Gasteiger partial charge in [-0.15, -0.1) is 0 Å². The van der Waals surface area contributed by atoms with Crippen molar-refractivity contribution in [3.63, 3.8) is 0 Å². The van der Waals surface area contributed by atoms with E-state index in [-0.39, 0.29) is 12.6 Å². The number of carbonyl (C=O) groups excluding carboxylic acids is 1. The Bertz CT molecular complexity index is 1250. The molecular formula is C28H28N4O3. The van der Waals surface area contributed by atoms with Crippen molar-refractivity contribution in [3.8, 4) is 16.9 Å². The lowest BCUT2D eigenvalue weighted by atomic mass is 10.1. The zero-order valence-corrected chi connectivity index (χ0v) is 19.5. The molecule has 0 bridgehead atoms. The molecule has 0 saturated carbocycles. The standard InChI is InChI=1S/C28H28N4O3/c33-28(29-25-8-4-5-22(19-25)20-31-15-17-34-18-16-31)27-13-14-32(30-27)21-35-26-11-9-24(10-12-26)23-6-2-1-3-7-23/h1-14,19H,15-18,20-21H2,(H,29,33). The fourth-order valence-electron chi connectivity index (χ4n) is 4.03. The first-order valence-electron chi connectivity index (χ1n) is 11.7. The van der Waals surface area contributed by atoms with Crippen LogP contribution in [0, 0.1) is 0 Å². The van der Waals surface area contributed by atoms with Crippen molar-refractivity contribution in [2.45, 2.75) is 13.3 Å². The maximum Gasteiger partial charge on any atom is 0.276 e. The first-order chi connectivity index (χ1) is 17.2. The van der Waals surface area contributed by atoms with Crippen LogP contribution in [0.5, 0.6) is 5.75 Å². The summed E-state index contributed by atoms with van der Waals surface area (Å²) in [5.41, 5.74) is 4.54. The zero-order valence-electron chi connectivity index (χ0n) is 19.5. The number of amides is 1. The fourth-order valence-corrected chi connectivity index (χ4v) is 4.03. The molecule has 2 heterocycles. The van der Waals surface area contributed by atoms with Crippen LogP contribution in [0.3, 0.4) is 0 Å². The van der Waals surface area contributed by atoms with Gasteiger partial charge >= 0.3 is 0 Å². The Morgan fingerprint density at radius 1 is 0.914 bits per heavy atom. The predicted molar refractivity (Wildman–Crippen MR) is 135 cm³/mol. The molecule has 3 aromatic carbocycles. The van der Waals surface area contributed by atoms with Gasteiger partial charge < -0.3 is 14.8 Å². The van der Waals surface area contributed by atoms with E-state index in [1.807, 2.05) is 60.7 Å². The molecule has 1 aliphatic rings. The smallest absolute Gasteiger partial charge is 0.276 e. The molecule has 1 fully saturated rings. The third kappa shape index (κ3) is 6.15. The highest BCUT2D eigenvalue weighted by Crippen LogP contribution is 2.22. The lowest BCUT2D eigenvalue weighted by Gasteiger charge is -2.26. The van der Waals surface area contributed by atoms with Gasteiger partial charge in [-0.05, 0) is 47.0 Å². The summed E-state index contributed by atoms with van der Waals surface area (Å²) in [6.45, 7) is 4.43. The Morgan fingerprint density at radius 3 is 2.49 bits per heavy atom. The van der Waals surface area contributed by atoms with Gasteiger partial charge in [-0.25, -0.2) is 4.68 Å². The first-order valence-corrected chi connectivity index (χ1v) is 11.7. The maximum absolute atomic E-state index is 12.7. The van der Waals surface area contributed by atoms with E-state index in [0.717, 1.165) is 61.0 Å². The van der Waals surface area contributed by atoms with E-state index in [1.165, 1.54) is 0 Å². The van der Waals surface area contributed by atoms with E-state index in [0.29, 0.717) is 5.69 Å². The minimum atomic E-state index is -0.250. The molecule has 1 aromatic heterocycles. The third-order valence-electron chi connectivity index (χ3n) is 5.89. The van der Waals surface area contributed by atoms with Gasteiger partial charge in [0.15, 0.2) is 12.4 Å². The van der Waals surface area contributed by atoms with E-state index in [2.05, 4.69) is 33.5 Å². The number of benzene rings is 3. The molecule has 1 saturated heterocycles. The Morgan fingerprint density at radius 2 is 1.69 bits per heavy atom. The topological polar surface area (TPSA) is 68.6 Å². The predicted octanol–water partition coefficient (Wildman–Crippen LogP) is 4.67. The summed E-state index contributed by atoms with van der Waals surface area (Å²) in [4.78, 5) is 15.1. The number of nitrogens with one attached hydrogen (secondary N) is 1. The highest BCUT2D eigenvalue weighted by Gasteiger charge is 2.13. The SMILES string of the molecule is O=C(Nc1cccc(CN2CCOCC2)c1)c1ccn(COc2ccc(-c3ccccc3)cc2)n1. The van der Waals surface area contributed by atoms with Gasteiger partial charge in [0.05, 0.1) is 13.2 Å². The van der Waals surface area contributed by atoms with Crippen LogP contribution in [0.15, 0.2) is 91.1 Å². The molecule has 7 heteroatoms. The number of rotatable bonds is 8. The largest absolute Gasteiger partial charge is 0.471 e. The summed E-state index contributed by atoms with van der Waals surface area (Å²) >= 11 is 0. The van der Waals surface area contributed by atoms with Gasteiger partial charge in [0.25, 0.3) is 5.91 Å². The molecule has 4 aromatic rings. The molecule has 35 heavy (non-hydrogen) atoms.